The Kier molecular flexibility index (Phi) is 5.77. The molecule has 0 aliphatic carbocycles. The number of aryl methyl sites for hydroxylation is 1. The number of phenolic OH excluding ortho intramolecular Hbond substituents is 3. The molecule has 188 valence electrons. The number of phenols is 3. The van der Waals surface area contributed by atoms with Gasteiger partial charge >= 0.3 is 0 Å². The summed E-state index contributed by atoms with van der Waals surface area (Å²) in [4.78, 5) is 12.8. The number of aromatic hydroxyl groups is 3. The number of aliphatic hydroxyl groups is 2. The van der Waals surface area contributed by atoms with Crippen LogP contribution >= 0.6 is 0 Å². The van der Waals surface area contributed by atoms with Crippen LogP contribution in [0.25, 0.3) is 0 Å². The fraction of sp³-hybridized carbons (Fsp3) is 0.269. The van der Waals surface area contributed by atoms with Crippen LogP contribution in [0.5, 0.6) is 40.2 Å². The molecule has 4 atom stereocenters. The molecule has 2 aliphatic heterocycles. The first-order valence-corrected chi connectivity index (χ1v) is 11.1. The Hall–Kier alpha value is -4.15. The van der Waals surface area contributed by atoms with Crippen molar-refractivity contribution in [2.75, 3.05) is 13.7 Å². The Balaban J connectivity index is 1.51. The summed E-state index contributed by atoms with van der Waals surface area (Å²) >= 11 is 0. The van der Waals surface area contributed by atoms with Gasteiger partial charge in [0, 0.05) is 17.7 Å². The van der Waals surface area contributed by atoms with Crippen molar-refractivity contribution < 1.29 is 49.3 Å². The molecule has 10 nitrogen and oxygen atoms in total. The molecule has 2 unspecified atom stereocenters. The number of carbonyl (C=O) groups is 1. The third-order valence-corrected chi connectivity index (χ3v) is 6.30. The third-order valence-electron chi connectivity index (χ3n) is 6.30. The number of methoxy groups -OCH3 is 1. The average molecular weight is 496 g/mol. The van der Waals surface area contributed by atoms with E-state index in [1.807, 2.05) is 0 Å². The van der Waals surface area contributed by atoms with Gasteiger partial charge in [-0.3, -0.25) is 4.79 Å². The quantitative estimate of drug-likeness (QED) is 0.364. The lowest BCUT2D eigenvalue weighted by atomic mass is 9.92. The van der Waals surface area contributed by atoms with E-state index in [-0.39, 0.29) is 40.9 Å². The van der Waals surface area contributed by atoms with E-state index in [1.54, 1.807) is 37.3 Å². The Morgan fingerprint density at radius 2 is 1.64 bits per heavy atom. The summed E-state index contributed by atoms with van der Waals surface area (Å²) < 4.78 is 23.2. The number of fused-ring (bicyclic) bond motifs is 2. The van der Waals surface area contributed by atoms with Crippen molar-refractivity contribution in [3.63, 3.8) is 0 Å². The summed E-state index contributed by atoms with van der Waals surface area (Å²) in [6.07, 6.45) is -4.29. The van der Waals surface area contributed by atoms with Crippen molar-refractivity contribution in [3.8, 4) is 40.2 Å². The Labute approximate surface area is 205 Å². The van der Waals surface area contributed by atoms with Gasteiger partial charge in [0.25, 0.3) is 0 Å². The highest BCUT2D eigenvalue weighted by atomic mass is 16.6. The monoisotopic (exact) mass is 496 g/mol. The van der Waals surface area contributed by atoms with Gasteiger partial charge in [0.2, 0.25) is 5.78 Å². The van der Waals surface area contributed by atoms with Crippen LogP contribution in [0.4, 0.5) is 0 Å². The first-order valence-electron chi connectivity index (χ1n) is 11.1. The van der Waals surface area contributed by atoms with Gasteiger partial charge in [-0.25, -0.2) is 0 Å². The third kappa shape index (κ3) is 3.80. The molecule has 0 saturated carbocycles. The van der Waals surface area contributed by atoms with Crippen molar-refractivity contribution in [2.45, 2.75) is 31.3 Å². The summed E-state index contributed by atoms with van der Waals surface area (Å²) in [5, 5.41) is 50.6. The number of carbonyl (C=O) groups excluding carboxylic acids is 1. The second kappa shape index (κ2) is 8.81. The van der Waals surface area contributed by atoms with Gasteiger partial charge in [-0.05, 0) is 42.3 Å². The van der Waals surface area contributed by atoms with Gasteiger partial charge in [-0.15, -0.1) is 0 Å². The summed E-state index contributed by atoms with van der Waals surface area (Å²) in [6, 6.07) is 10.2. The summed E-state index contributed by atoms with van der Waals surface area (Å²) in [7, 11) is 1.43. The van der Waals surface area contributed by atoms with Gasteiger partial charge in [-0.2, -0.15) is 0 Å². The predicted octanol–water partition coefficient (Wildman–Crippen LogP) is 2.67. The molecule has 36 heavy (non-hydrogen) atoms. The molecule has 5 N–H and O–H groups in total. The van der Waals surface area contributed by atoms with E-state index in [9.17, 15) is 30.3 Å². The van der Waals surface area contributed by atoms with Crippen LogP contribution in [0, 0.1) is 6.92 Å². The fourth-order valence-corrected chi connectivity index (χ4v) is 4.50. The maximum atomic E-state index is 12.8. The molecule has 0 spiro atoms. The Morgan fingerprint density at radius 3 is 2.36 bits per heavy atom. The van der Waals surface area contributed by atoms with Crippen LogP contribution in [-0.2, 0) is 0 Å². The molecule has 5 rings (SSSR count). The summed E-state index contributed by atoms with van der Waals surface area (Å²) in [5.41, 5.74) is 1.32. The van der Waals surface area contributed by atoms with Crippen molar-refractivity contribution >= 4 is 5.78 Å². The summed E-state index contributed by atoms with van der Waals surface area (Å²) in [5.74, 6) is -0.755. The van der Waals surface area contributed by atoms with Gasteiger partial charge in [-0.1, -0.05) is 6.07 Å². The molecular formula is C26H24O10. The largest absolute Gasteiger partial charge is 0.508 e. The van der Waals surface area contributed by atoms with Crippen LogP contribution in [0.3, 0.4) is 0 Å². The zero-order valence-electron chi connectivity index (χ0n) is 19.3. The molecule has 3 aromatic rings. The predicted molar refractivity (Wildman–Crippen MR) is 124 cm³/mol. The highest BCUT2D eigenvalue weighted by Crippen LogP contribution is 2.46. The maximum Gasteiger partial charge on any atom is 0.202 e. The molecule has 0 fully saturated rings. The van der Waals surface area contributed by atoms with E-state index in [2.05, 4.69) is 0 Å². The summed E-state index contributed by atoms with van der Waals surface area (Å²) in [6.45, 7) is 1.36. The lowest BCUT2D eigenvalue weighted by Crippen LogP contribution is -2.37. The van der Waals surface area contributed by atoms with Crippen LogP contribution in [0.15, 0.2) is 42.5 Å². The first kappa shape index (κ1) is 23.6. The van der Waals surface area contributed by atoms with Gasteiger partial charge in [0.15, 0.2) is 47.4 Å². The molecule has 0 bridgehead atoms. The van der Waals surface area contributed by atoms with Crippen molar-refractivity contribution in [2.24, 2.45) is 0 Å². The normalized spacial score (nSPS) is 22.5. The minimum Gasteiger partial charge on any atom is -0.508 e. The van der Waals surface area contributed by atoms with E-state index in [0.29, 0.717) is 22.4 Å². The Morgan fingerprint density at radius 1 is 0.889 bits per heavy atom. The molecule has 0 radical (unpaired) electrons. The fourth-order valence-electron chi connectivity index (χ4n) is 4.50. The number of ether oxygens (including phenoxy) is 4. The number of hydrogen-bond acceptors (Lipinski definition) is 10. The number of rotatable bonds is 4. The second-order valence-corrected chi connectivity index (χ2v) is 8.66. The minimum atomic E-state index is -1.62. The number of hydrogen-bond donors (Lipinski definition) is 5. The molecule has 3 aromatic carbocycles. The topological polar surface area (TPSA) is 155 Å². The smallest absolute Gasteiger partial charge is 0.202 e. The van der Waals surface area contributed by atoms with E-state index >= 15 is 0 Å². The molecule has 0 aromatic heterocycles. The van der Waals surface area contributed by atoms with E-state index in [1.165, 1.54) is 13.2 Å². The van der Waals surface area contributed by atoms with E-state index < -0.39 is 35.9 Å². The highest BCUT2D eigenvalue weighted by Gasteiger charge is 2.40. The first-order chi connectivity index (χ1) is 17.2. The second-order valence-electron chi connectivity index (χ2n) is 8.66. The number of benzene rings is 3. The van der Waals surface area contributed by atoms with E-state index in [0.717, 1.165) is 6.07 Å². The Bertz CT molecular complexity index is 1350. The van der Waals surface area contributed by atoms with Crippen molar-refractivity contribution in [3.05, 3.63) is 64.7 Å². The average Bonchev–Trinajstić information content (AvgIpc) is 2.86. The zero-order valence-corrected chi connectivity index (χ0v) is 19.3. The van der Waals surface area contributed by atoms with Gasteiger partial charge in [0.1, 0.15) is 22.8 Å². The van der Waals surface area contributed by atoms with Crippen molar-refractivity contribution in [1.82, 2.24) is 0 Å². The molecule has 0 saturated heterocycles. The minimum absolute atomic E-state index is 0.00771. The SMILES string of the molecule is COc1cc(C2Oc3cc([C@H]4Oc5cc(O)cc(O)c5C(=O)[C@@H]4O)ccc3OC2CO)cc(C)c1O. The van der Waals surface area contributed by atoms with Crippen LogP contribution < -0.4 is 18.9 Å². The highest BCUT2D eigenvalue weighted by molar-refractivity contribution is 6.05. The molecule has 0 amide bonds. The molecule has 2 aliphatic rings. The maximum absolute atomic E-state index is 12.8. The van der Waals surface area contributed by atoms with Crippen molar-refractivity contribution in [1.29, 1.82) is 0 Å². The molecule has 2 heterocycles. The molecule has 10 heteroatoms. The van der Waals surface area contributed by atoms with Crippen LogP contribution in [0.1, 0.15) is 39.3 Å². The molecular weight excluding hydrogens is 472 g/mol. The van der Waals surface area contributed by atoms with E-state index in [4.69, 9.17) is 18.9 Å². The number of aliphatic hydroxyl groups excluding tert-OH is 2. The lowest BCUT2D eigenvalue weighted by Gasteiger charge is -2.35. The number of Topliss-reactive ketones (excluding diaryl/α,β-unsaturated/α-hetero) is 1. The van der Waals surface area contributed by atoms with Gasteiger partial charge in [0.05, 0.1) is 13.7 Å². The zero-order chi connectivity index (χ0) is 25.7. The van der Waals surface area contributed by atoms with Gasteiger partial charge < -0.3 is 44.5 Å². The standard InChI is InChI=1S/C26H24O10/c1-11-5-13(7-19(33-2)22(11)30)25-20(10-27)34-16-4-3-12(6-17(16)35-25)26-24(32)23(31)21-15(29)8-14(28)9-18(21)36-26/h3-9,20,24-30,32H,10H2,1-2H3/t20?,24-,25?,26+/m0/s1. The lowest BCUT2D eigenvalue weighted by molar-refractivity contribution is -0.0130. The van der Waals surface area contributed by atoms with Crippen LogP contribution in [-0.4, -0.2) is 57.2 Å². The van der Waals surface area contributed by atoms with Crippen LogP contribution in [0.2, 0.25) is 0 Å². The number of ketones is 1.